The monoisotopic (exact) mass is 472 g/mol. The van der Waals surface area contributed by atoms with Gasteiger partial charge in [0.25, 0.3) is 0 Å². The molecule has 3 aromatic rings. The summed E-state index contributed by atoms with van der Waals surface area (Å²) >= 11 is 0. The first-order chi connectivity index (χ1) is 14.9. The molecule has 4 rings (SSSR count). The summed E-state index contributed by atoms with van der Waals surface area (Å²) in [5, 5.41) is 0. The highest BCUT2D eigenvalue weighted by atomic mass is 32.2. The number of benzene rings is 1. The molecule has 8 nitrogen and oxygen atoms in total. The summed E-state index contributed by atoms with van der Waals surface area (Å²) < 4.78 is 81.9. The zero-order valence-corrected chi connectivity index (χ0v) is 17.7. The second kappa shape index (κ2) is 7.67. The van der Waals surface area contributed by atoms with E-state index in [1.807, 2.05) is 0 Å². The highest BCUT2D eigenvalue weighted by Gasteiger charge is 2.35. The summed E-state index contributed by atoms with van der Waals surface area (Å²) in [4.78, 5) is 7.32. The van der Waals surface area contributed by atoms with Crippen molar-refractivity contribution in [1.29, 1.82) is 0 Å². The molecule has 4 N–H and O–H groups in total. The maximum absolute atomic E-state index is 13.7. The van der Waals surface area contributed by atoms with Gasteiger partial charge in [-0.15, -0.1) is 0 Å². The number of nitrogens with zero attached hydrogens (tertiary/aromatic N) is 4. The lowest BCUT2D eigenvalue weighted by atomic mass is 10.1. The molecule has 0 radical (unpaired) electrons. The molecule has 1 aliphatic rings. The van der Waals surface area contributed by atoms with Crippen molar-refractivity contribution in [3.63, 3.8) is 0 Å². The van der Waals surface area contributed by atoms with Crippen LogP contribution in [-0.2, 0) is 16.2 Å². The van der Waals surface area contributed by atoms with Crippen LogP contribution in [0.3, 0.4) is 0 Å². The third kappa shape index (κ3) is 3.80. The molecule has 1 aliphatic heterocycles. The van der Waals surface area contributed by atoms with Crippen LogP contribution < -0.4 is 11.5 Å². The highest BCUT2D eigenvalue weighted by Crippen LogP contribution is 2.33. The van der Waals surface area contributed by atoms with Crippen molar-refractivity contribution in [3.05, 3.63) is 41.9 Å². The fourth-order valence-corrected chi connectivity index (χ4v) is 5.19. The van der Waals surface area contributed by atoms with Gasteiger partial charge in [0.15, 0.2) is 17.2 Å². The topological polar surface area (TPSA) is 120 Å². The van der Waals surface area contributed by atoms with E-state index < -0.39 is 39.9 Å². The van der Waals surface area contributed by atoms with Gasteiger partial charge in [-0.05, 0) is 31.0 Å². The van der Waals surface area contributed by atoms with Crippen molar-refractivity contribution in [3.8, 4) is 11.3 Å². The molecule has 2 atom stereocenters. The van der Waals surface area contributed by atoms with E-state index >= 15 is 0 Å². The normalized spacial score (nSPS) is 20.7. The van der Waals surface area contributed by atoms with Crippen LogP contribution in [0.25, 0.3) is 16.9 Å². The SMILES string of the molecule is Cc1ccc(S(=O)(=O)N2CC[C@@H](F)[C@@H](N)C2)cc1-c1cnc2c(N)nc(C(F)(F)F)cn12. The molecule has 172 valence electrons. The maximum Gasteiger partial charge on any atom is 0.434 e. The second-order valence-electron chi connectivity index (χ2n) is 7.65. The molecule has 3 heterocycles. The van der Waals surface area contributed by atoms with Crippen LogP contribution in [0.2, 0.25) is 0 Å². The van der Waals surface area contributed by atoms with E-state index in [1.165, 1.54) is 18.3 Å². The minimum atomic E-state index is -4.73. The predicted molar refractivity (Wildman–Crippen MR) is 109 cm³/mol. The van der Waals surface area contributed by atoms with Gasteiger partial charge >= 0.3 is 6.18 Å². The number of nitrogen functional groups attached to an aromatic ring is 1. The molecule has 2 aromatic heterocycles. The van der Waals surface area contributed by atoms with Gasteiger partial charge in [-0.25, -0.2) is 22.8 Å². The molecule has 0 unspecified atom stereocenters. The summed E-state index contributed by atoms with van der Waals surface area (Å²) in [6.07, 6.45) is -3.96. The number of alkyl halides is 4. The Kier molecular flexibility index (Phi) is 5.38. The van der Waals surface area contributed by atoms with E-state index in [0.29, 0.717) is 11.1 Å². The van der Waals surface area contributed by atoms with Crippen LogP contribution in [0.1, 0.15) is 17.7 Å². The molecule has 0 saturated carbocycles. The summed E-state index contributed by atoms with van der Waals surface area (Å²) in [7, 11) is -4.00. The number of hydrogen-bond acceptors (Lipinski definition) is 6. The van der Waals surface area contributed by atoms with Crippen LogP contribution in [0.4, 0.5) is 23.4 Å². The van der Waals surface area contributed by atoms with Crippen LogP contribution in [0.15, 0.2) is 35.5 Å². The van der Waals surface area contributed by atoms with Crippen molar-refractivity contribution in [2.75, 3.05) is 18.8 Å². The first-order valence-corrected chi connectivity index (χ1v) is 11.0. The third-order valence-electron chi connectivity index (χ3n) is 5.46. The fourth-order valence-electron chi connectivity index (χ4n) is 3.67. The molecular weight excluding hydrogens is 452 g/mol. The summed E-state index contributed by atoms with van der Waals surface area (Å²) in [5.41, 5.74) is 11.3. The Morgan fingerprint density at radius 2 is 1.97 bits per heavy atom. The van der Waals surface area contributed by atoms with E-state index in [0.717, 1.165) is 14.9 Å². The van der Waals surface area contributed by atoms with Crippen LogP contribution >= 0.6 is 0 Å². The number of sulfonamides is 1. The lowest BCUT2D eigenvalue weighted by Crippen LogP contribution is -2.51. The van der Waals surface area contributed by atoms with Crippen LogP contribution in [-0.4, -0.2) is 52.4 Å². The first-order valence-electron chi connectivity index (χ1n) is 9.61. The quantitative estimate of drug-likeness (QED) is 0.565. The molecule has 13 heteroatoms. The molecular formula is C19H20F4N6O2S. The Bertz CT molecular complexity index is 1290. The van der Waals surface area contributed by atoms with E-state index in [9.17, 15) is 26.0 Å². The standard InChI is InChI=1S/C19H20F4N6O2S/c1-10-2-3-11(32(30,31)28-5-4-13(20)14(24)8-28)6-12(10)15-7-26-18-17(25)27-16(9-29(15)18)19(21,22)23/h2-3,6-7,9,13-14H,4-5,8,24H2,1H3,(H2,25,27)/t13-,14+/m1/s1. The number of aryl methyl sites for hydroxylation is 1. The highest BCUT2D eigenvalue weighted by molar-refractivity contribution is 7.89. The minimum absolute atomic E-state index is 0.0108. The van der Waals surface area contributed by atoms with E-state index in [1.54, 1.807) is 13.0 Å². The van der Waals surface area contributed by atoms with E-state index in [2.05, 4.69) is 9.97 Å². The summed E-state index contributed by atoms with van der Waals surface area (Å²) in [6.45, 7) is 1.50. The zero-order chi connectivity index (χ0) is 23.4. The molecule has 0 amide bonds. The van der Waals surface area contributed by atoms with Gasteiger partial charge < -0.3 is 11.5 Å². The first kappa shape index (κ1) is 22.4. The van der Waals surface area contributed by atoms with Gasteiger partial charge in [0.1, 0.15) is 6.17 Å². The van der Waals surface area contributed by atoms with Gasteiger partial charge in [-0.1, -0.05) is 6.07 Å². The Hall–Kier alpha value is -2.77. The van der Waals surface area contributed by atoms with Crippen molar-refractivity contribution >= 4 is 21.5 Å². The maximum atomic E-state index is 13.7. The Morgan fingerprint density at radius 3 is 2.62 bits per heavy atom. The van der Waals surface area contributed by atoms with Gasteiger partial charge in [-0.3, -0.25) is 4.40 Å². The fraction of sp³-hybridized carbons (Fsp3) is 0.368. The molecule has 0 bridgehead atoms. The minimum Gasteiger partial charge on any atom is -0.381 e. The van der Waals surface area contributed by atoms with Crippen LogP contribution in [0.5, 0.6) is 0 Å². The number of piperidine rings is 1. The number of halogens is 4. The predicted octanol–water partition coefficient (Wildman–Crippen LogP) is 2.37. The number of hydrogen-bond donors (Lipinski definition) is 2. The number of fused-ring (bicyclic) bond motifs is 1. The average Bonchev–Trinajstić information content (AvgIpc) is 3.14. The van der Waals surface area contributed by atoms with Crippen molar-refractivity contribution in [2.45, 2.75) is 36.6 Å². The Morgan fingerprint density at radius 1 is 1.25 bits per heavy atom. The number of anilines is 1. The van der Waals surface area contributed by atoms with Crippen molar-refractivity contribution in [1.82, 2.24) is 18.7 Å². The summed E-state index contributed by atoms with van der Waals surface area (Å²) in [6, 6.07) is 3.35. The molecule has 0 spiro atoms. The number of rotatable bonds is 3. The largest absolute Gasteiger partial charge is 0.434 e. The molecule has 1 saturated heterocycles. The van der Waals surface area contributed by atoms with Crippen LogP contribution in [0, 0.1) is 6.92 Å². The van der Waals surface area contributed by atoms with Gasteiger partial charge in [-0.2, -0.15) is 17.5 Å². The lowest BCUT2D eigenvalue weighted by Gasteiger charge is -2.32. The smallest absolute Gasteiger partial charge is 0.381 e. The number of imidazole rings is 1. The number of aromatic nitrogens is 3. The zero-order valence-electron chi connectivity index (χ0n) is 16.8. The number of nitrogens with two attached hydrogens (primary N) is 2. The Labute approximate surface area is 180 Å². The van der Waals surface area contributed by atoms with Gasteiger partial charge in [0.2, 0.25) is 10.0 Å². The molecule has 32 heavy (non-hydrogen) atoms. The third-order valence-corrected chi connectivity index (χ3v) is 7.33. The average molecular weight is 472 g/mol. The van der Waals surface area contributed by atoms with E-state index in [4.69, 9.17) is 11.5 Å². The second-order valence-corrected chi connectivity index (χ2v) is 9.59. The Balaban J connectivity index is 1.82. The molecule has 1 aromatic carbocycles. The molecule has 0 aliphatic carbocycles. The van der Waals surface area contributed by atoms with E-state index in [-0.39, 0.29) is 35.7 Å². The van der Waals surface area contributed by atoms with Gasteiger partial charge in [0, 0.05) is 30.9 Å². The van der Waals surface area contributed by atoms with Crippen molar-refractivity contribution in [2.24, 2.45) is 5.73 Å². The molecule has 1 fully saturated rings. The van der Waals surface area contributed by atoms with Crippen molar-refractivity contribution < 1.29 is 26.0 Å². The lowest BCUT2D eigenvalue weighted by molar-refractivity contribution is -0.141. The van der Waals surface area contributed by atoms with Gasteiger partial charge in [0.05, 0.1) is 16.8 Å². The summed E-state index contributed by atoms with van der Waals surface area (Å²) in [5.74, 6) is -0.407.